The Morgan fingerprint density at radius 2 is 2.24 bits per heavy atom. The minimum absolute atomic E-state index is 0.303. The molecule has 0 amide bonds. The topological polar surface area (TPSA) is 44.1 Å². The highest BCUT2D eigenvalue weighted by atomic mass is 16.5. The number of benzene rings is 1. The summed E-state index contributed by atoms with van der Waals surface area (Å²) in [6.45, 7) is 6.01. The van der Waals surface area contributed by atoms with Crippen molar-refractivity contribution >= 4 is 16.9 Å². The Morgan fingerprint density at radius 1 is 1.47 bits per heavy atom. The van der Waals surface area contributed by atoms with Gasteiger partial charge in [-0.1, -0.05) is 24.8 Å². The monoisotopic (exact) mass is 230 g/mol. The number of esters is 1. The molecule has 1 heterocycles. The van der Waals surface area contributed by atoms with Crippen LogP contribution in [0.5, 0.6) is 0 Å². The Labute approximate surface area is 99.5 Å². The number of hydrogen-bond donors (Lipinski definition) is 0. The summed E-state index contributed by atoms with van der Waals surface area (Å²) >= 11 is 0. The summed E-state index contributed by atoms with van der Waals surface area (Å²) in [5.41, 5.74) is 1.45. The molecule has 0 fully saturated rings. The molecular formula is C13H14N2O2. The Kier molecular flexibility index (Phi) is 3.23. The van der Waals surface area contributed by atoms with Crippen molar-refractivity contribution in [2.45, 2.75) is 13.5 Å². The summed E-state index contributed by atoms with van der Waals surface area (Å²) < 4.78 is 6.85. The fourth-order valence-corrected chi connectivity index (χ4v) is 1.55. The fourth-order valence-electron chi connectivity index (χ4n) is 1.55. The highest BCUT2D eigenvalue weighted by molar-refractivity contribution is 5.86. The molecule has 4 heteroatoms. The molecule has 0 aliphatic carbocycles. The van der Waals surface area contributed by atoms with E-state index in [1.807, 2.05) is 28.9 Å². The van der Waals surface area contributed by atoms with E-state index < -0.39 is 0 Å². The van der Waals surface area contributed by atoms with E-state index in [-0.39, 0.29) is 5.97 Å². The second-order valence-electron chi connectivity index (χ2n) is 3.84. The maximum atomic E-state index is 11.2. The molecule has 0 N–H and O–H groups in total. The summed E-state index contributed by atoms with van der Waals surface area (Å²) in [6.07, 6.45) is 1.80. The molecule has 4 nitrogen and oxygen atoms in total. The van der Waals surface area contributed by atoms with Crippen LogP contribution in [0.4, 0.5) is 0 Å². The highest BCUT2D eigenvalue weighted by Crippen LogP contribution is 2.12. The molecule has 0 atom stereocenters. The molecule has 0 aliphatic rings. The molecule has 0 bridgehead atoms. The van der Waals surface area contributed by atoms with Gasteiger partial charge < -0.3 is 4.74 Å². The van der Waals surface area contributed by atoms with Crippen LogP contribution in [0.3, 0.4) is 0 Å². The highest BCUT2D eigenvalue weighted by Gasteiger charge is 2.04. The van der Waals surface area contributed by atoms with Crippen LogP contribution >= 0.6 is 0 Å². The van der Waals surface area contributed by atoms with Crippen molar-refractivity contribution in [2.24, 2.45) is 0 Å². The Bertz CT molecular complexity index is 557. The maximum Gasteiger partial charge on any atom is 0.333 e. The van der Waals surface area contributed by atoms with Gasteiger partial charge in [0.15, 0.2) is 0 Å². The number of aromatic nitrogens is 2. The van der Waals surface area contributed by atoms with Gasteiger partial charge in [-0.25, -0.2) is 4.79 Å². The molecule has 0 aliphatic heterocycles. The lowest BCUT2D eigenvalue weighted by Crippen LogP contribution is -2.12. The van der Waals surface area contributed by atoms with E-state index in [0.29, 0.717) is 18.7 Å². The number of hydrogen-bond acceptors (Lipinski definition) is 3. The van der Waals surface area contributed by atoms with Crippen LogP contribution in [0.25, 0.3) is 10.9 Å². The van der Waals surface area contributed by atoms with E-state index in [9.17, 15) is 4.79 Å². The first-order valence-corrected chi connectivity index (χ1v) is 5.41. The average molecular weight is 230 g/mol. The summed E-state index contributed by atoms with van der Waals surface area (Å²) in [4.78, 5) is 11.2. The largest absolute Gasteiger partial charge is 0.460 e. The quantitative estimate of drug-likeness (QED) is 0.597. The van der Waals surface area contributed by atoms with E-state index in [1.165, 1.54) is 0 Å². The first-order valence-electron chi connectivity index (χ1n) is 5.41. The van der Waals surface area contributed by atoms with E-state index >= 15 is 0 Å². The molecule has 2 aromatic rings. The summed E-state index contributed by atoms with van der Waals surface area (Å²) in [5, 5.41) is 5.32. The van der Waals surface area contributed by atoms with Gasteiger partial charge in [0.05, 0.1) is 18.3 Å². The first-order chi connectivity index (χ1) is 8.18. The number of carbonyl (C=O) groups is 1. The van der Waals surface area contributed by atoms with E-state index in [1.54, 1.807) is 13.1 Å². The van der Waals surface area contributed by atoms with Crippen molar-refractivity contribution in [3.8, 4) is 0 Å². The zero-order valence-corrected chi connectivity index (χ0v) is 9.72. The van der Waals surface area contributed by atoms with E-state index in [2.05, 4.69) is 11.7 Å². The third-order valence-electron chi connectivity index (χ3n) is 2.44. The number of carbonyl (C=O) groups excluding carboxylic acids is 1. The molecule has 0 spiro atoms. The van der Waals surface area contributed by atoms with E-state index in [4.69, 9.17) is 4.74 Å². The maximum absolute atomic E-state index is 11.2. The Hall–Kier alpha value is -2.10. The normalized spacial score (nSPS) is 10.4. The molecular weight excluding hydrogens is 216 g/mol. The van der Waals surface area contributed by atoms with Crippen molar-refractivity contribution in [2.75, 3.05) is 6.61 Å². The van der Waals surface area contributed by atoms with Gasteiger partial charge >= 0.3 is 5.97 Å². The van der Waals surface area contributed by atoms with Crippen molar-refractivity contribution < 1.29 is 9.53 Å². The smallest absolute Gasteiger partial charge is 0.333 e. The van der Waals surface area contributed by atoms with Gasteiger partial charge in [-0.2, -0.15) is 5.10 Å². The number of ether oxygens (including phenoxy) is 1. The minimum atomic E-state index is -0.360. The zero-order valence-electron chi connectivity index (χ0n) is 9.72. The second kappa shape index (κ2) is 4.82. The predicted molar refractivity (Wildman–Crippen MR) is 65.5 cm³/mol. The first kappa shape index (κ1) is 11.4. The second-order valence-corrected chi connectivity index (χ2v) is 3.84. The number of fused-ring (bicyclic) bond motifs is 1. The Morgan fingerprint density at radius 3 is 3.00 bits per heavy atom. The molecule has 1 aromatic carbocycles. The molecule has 0 saturated carbocycles. The van der Waals surface area contributed by atoms with Gasteiger partial charge in [0.1, 0.15) is 6.61 Å². The predicted octanol–water partition coefficient (Wildman–Crippen LogP) is 2.16. The summed E-state index contributed by atoms with van der Waals surface area (Å²) in [6, 6.07) is 7.91. The lowest BCUT2D eigenvalue weighted by atomic mass is 10.3. The van der Waals surface area contributed by atoms with Gasteiger partial charge in [-0.05, 0) is 13.0 Å². The van der Waals surface area contributed by atoms with Crippen LogP contribution in [-0.4, -0.2) is 22.4 Å². The van der Waals surface area contributed by atoms with Crippen molar-refractivity contribution in [3.63, 3.8) is 0 Å². The lowest BCUT2D eigenvalue weighted by molar-refractivity contribution is -0.139. The van der Waals surface area contributed by atoms with Gasteiger partial charge in [0, 0.05) is 11.0 Å². The van der Waals surface area contributed by atoms with Crippen LogP contribution in [0.2, 0.25) is 0 Å². The van der Waals surface area contributed by atoms with Gasteiger partial charge in [-0.3, -0.25) is 4.68 Å². The minimum Gasteiger partial charge on any atom is -0.460 e. The van der Waals surface area contributed by atoms with Crippen LogP contribution in [0.1, 0.15) is 6.92 Å². The molecule has 1 aromatic heterocycles. The summed E-state index contributed by atoms with van der Waals surface area (Å²) in [7, 11) is 0. The molecule has 0 saturated heterocycles. The molecule has 88 valence electrons. The van der Waals surface area contributed by atoms with Crippen LogP contribution in [-0.2, 0) is 16.1 Å². The number of nitrogens with zero attached hydrogens (tertiary/aromatic N) is 2. The standard InChI is InChI=1S/C13H14N2O2/c1-10(2)13(16)17-8-7-15-12-6-4-3-5-11(12)9-14-15/h3-6,9H,1,7-8H2,2H3. The zero-order chi connectivity index (χ0) is 12.3. The third-order valence-corrected chi connectivity index (χ3v) is 2.44. The average Bonchev–Trinajstić information content (AvgIpc) is 2.72. The third kappa shape index (κ3) is 2.53. The summed E-state index contributed by atoms with van der Waals surface area (Å²) in [5.74, 6) is -0.360. The van der Waals surface area contributed by atoms with Crippen molar-refractivity contribution in [3.05, 3.63) is 42.6 Å². The molecule has 0 unspecified atom stereocenters. The molecule has 2 rings (SSSR count). The molecule has 17 heavy (non-hydrogen) atoms. The van der Waals surface area contributed by atoms with Crippen LogP contribution < -0.4 is 0 Å². The van der Waals surface area contributed by atoms with Crippen LogP contribution in [0, 0.1) is 0 Å². The van der Waals surface area contributed by atoms with E-state index in [0.717, 1.165) is 10.9 Å². The Balaban J connectivity index is 2.00. The van der Waals surface area contributed by atoms with Crippen molar-refractivity contribution in [1.82, 2.24) is 9.78 Å². The van der Waals surface area contributed by atoms with Crippen molar-refractivity contribution in [1.29, 1.82) is 0 Å². The van der Waals surface area contributed by atoms with Gasteiger partial charge in [0.25, 0.3) is 0 Å². The van der Waals surface area contributed by atoms with Gasteiger partial charge in [0.2, 0.25) is 0 Å². The number of para-hydroxylation sites is 1. The molecule has 0 radical (unpaired) electrons. The van der Waals surface area contributed by atoms with Crippen LogP contribution in [0.15, 0.2) is 42.6 Å². The fraction of sp³-hybridized carbons (Fsp3) is 0.231. The lowest BCUT2D eigenvalue weighted by Gasteiger charge is -2.05. The SMILES string of the molecule is C=C(C)C(=O)OCCn1ncc2ccccc21. The number of rotatable bonds is 4. The van der Waals surface area contributed by atoms with Gasteiger partial charge in [-0.15, -0.1) is 0 Å².